The fourth-order valence-corrected chi connectivity index (χ4v) is 2.47. The highest BCUT2D eigenvalue weighted by molar-refractivity contribution is 8.14. The largest absolute Gasteiger partial charge is 0.277 e. The van der Waals surface area contributed by atoms with Crippen molar-refractivity contribution in [3.63, 3.8) is 0 Å². The molecule has 16 heavy (non-hydrogen) atoms. The van der Waals surface area contributed by atoms with Crippen LogP contribution in [0.5, 0.6) is 0 Å². The number of thioether (sulfide) groups is 1. The maximum atomic E-state index is 4.62. The first-order valence-electron chi connectivity index (χ1n) is 5.80. The number of hydrogen-bond donors (Lipinski definition) is 0. The van der Waals surface area contributed by atoms with E-state index in [1.165, 1.54) is 22.8 Å². The third-order valence-electron chi connectivity index (χ3n) is 2.60. The molecule has 2 rings (SSSR count). The van der Waals surface area contributed by atoms with Crippen molar-refractivity contribution in [1.29, 1.82) is 0 Å². The monoisotopic (exact) mass is 231 g/mol. The Morgan fingerprint density at radius 1 is 1.31 bits per heavy atom. The molecule has 0 saturated carbocycles. The Hall–Kier alpha value is -1.02. The Balaban J connectivity index is 1.95. The molecular formula is C14H17NS. The summed E-state index contributed by atoms with van der Waals surface area (Å²) in [6, 6.07) is 10.6. The molecule has 1 aliphatic rings. The van der Waals surface area contributed by atoms with Crippen molar-refractivity contribution in [3.8, 4) is 0 Å². The lowest BCUT2D eigenvalue weighted by Gasteiger charge is -2.15. The fourth-order valence-electron chi connectivity index (χ4n) is 1.72. The summed E-state index contributed by atoms with van der Waals surface area (Å²) in [6.07, 6.45) is 5.65. The van der Waals surface area contributed by atoms with Crippen LogP contribution in [0.1, 0.15) is 24.8 Å². The van der Waals surface area contributed by atoms with Crippen LogP contribution >= 0.6 is 11.8 Å². The van der Waals surface area contributed by atoms with Gasteiger partial charge in [0.15, 0.2) is 0 Å². The molecule has 1 heterocycles. The fraction of sp³-hybridized carbons (Fsp3) is 0.357. The number of aliphatic imine (C=N–C) groups is 1. The van der Waals surface area contributed by atoms with Crippen LogP contribution in [0.3, 0.4) is 0 Å². The van der Waals surface area contributed by atoms with E-state index in [1.54, 1.807) is 0 Å². The highest BCUT2D eigenvalue weighted by atomic mass is 32.2. The van der Waals surface area contributed by atoms with Gasteiger partial charge in [-0.1, -0.05) is 43.3 Å². The summed E-state index contributed by atoms with van der Waals surface area (Å²) in [5.74, 6) is 1.63. The summed E-state index contributed by atoms with van der Waals surface area (Å²) in [4.78, 5) is 4.62. The van der Waals surface area contributed by atoms with Gasteiger partial charge in [0.05, 0.1) is 11.6 Å². The Morgan fingerprint density at radius 3 is 2.75 bits per heavy atom. The lowest BCUT2D eigenvalue weighted by atomic mass is 9.98. The zero-order valence-electron chi connectivity index (χ0n) is 9.60. The quantitative estimate of drug-likeness (QED) is 0.769. The zero-order valence-corrected chi connectivity index (χ0v) is 10.4. The lowest BCUT2D eigenvalue weighted by molar-refractivity contribution is 0.844. The second-order valence-electron chi connectivity index (χ2n) is 3.90. The van der Waals surface area contributed by atoms with Gasteiger partial charge in [-0.2, -0.15) is 0 Å². The van der Waals surface area contributed by atoms with E-state index in [9.17, 15) is 0 Å². The first-order valence-corrected chi connectivity index (χ1v) is 6.79. The van der Waals surface area contributed by atoms with E-state index < -0.39 is 0 Å². The van der Waals surface area contributed by atoms with E-state index in [0.717, 1.165) is 6.54 Å². The van der Waals surface area contributed by atoms with E-state index >= 15 is 0 Å². The summed E-state index contributed by atoms with van der Waals surface area (Å²) in [5.41, 5.74) is 1.36. The summed E-state index contributed by atoms with van der Waals surface area (Å²) in [7, 11) is 0. The molecule has 2 heteroatoms. The van der Waals surface area contributed by atoms with Crippen LogP contribution in [0.15, 0.2) is 47.5 Å². The number of benzene rings is 1. The molecule has 1 aromatic rings. The molecule has 0 fully saturated rings. The van der Waals surface area contributed by atoms with Gasteiger partial charge in [-0.25, -0.2) is 0 Å². The van der Waals surface area contributed by atoms with Gasteiger partial charge in [0.2, 0.25) is 0 Å². The number of dihydropyridines is 1. The highest BCUT2D eigenvalue weighted by Gasteiger charge is 2.11. The Morgan fingerprint density at radius 2 is 2.12 bits per heavy atom. The van der Waals surface area contributed by atoms with E-state index in [0.29, 0.717) is 5.92 Å². The highest BCUT2D eigenvalue weighted by Crippen LogP contribution is 2.22. The maximum absolute atomic E-state index is 4.62. The van der Waals surface area contributed by atoms with Gasteiger partial charge in [-0.05, 0) is 23.8 Å². The first kappa shape index (κ1) is 11.5. The molecule has 0 aromatic heterocycles. The van der Waals surface area contributed by atoms with Gasteiger partial charge < -0.3 is 0 Å². The van der Waals surface area contributed by atoms with Crippen LogP contribution in [0, 0.1) is 0 Å². The van der Waals surface area contributed by atoms with Crippen LogP contribution < -0.4 is 0 Å². The molecular weight excluding hydrogens is 214 g/mol. The minimum absolute atomic E-state index is 0.465. The normalized spacial score (nSPS) is 19.6. The molecule has 0 radical (unpaired) electrons. The number of rotatable bonds is 3. The second-order valence-corrected chi connectivity index (χ2v) is 5.02. The van der Waals surface area contributed by atoms with Crippen LogP contribution in [-0.2, 0) is 0 Å². The van der Waals surface area contributed by atoms with E-state index in [4.69, 9.17) is 0 Å². The van der Waals surface area contributed by atoms with Gasteiger partial charge in [-0.3, -0.25) is 4.99 Å². The average Bonchev–Trinajstić information content (AvgIpc) is 2.38. The molecule has 0 spiro atoms. The maximum Gasteiger partial charge on any atom is 0.0901 e. The summed E-state index contributed by atoms with van der Waals surface area (Å²) >= 11 is 1.86. The van der Waals surface area contributed by atoms with Crippen molar-refractivity contribution in [2.45, 2.75) is 19.3 Å². The third kappa shape index (κ3) is 2.99. The Labute approximate surface area is 102 Å². The molecule has 1 atom stereocenters. The topological polar surface area (TPSA) is 12.4 Å². The molecule has 0 amide bonds. The molecule has 0 N–H and O–H groups in total. The van der Waals surface area contributed by atoms with Gasteiger partial charge >= 0.3 is 0 Å². The number of hydrogen-bond acceptors (Lipinski definition) is 2. The zero-order chi connectivity index (χ0) is 11.2. The molecule has 84 valence electrons. The van der Waals surface area contributed by atoms with Crippen LogP contribution in [0.2, 0.25) is 0 Å². The van der Waals surface area contributed by atoms with E-state index in [-0.39, 0.29) is 0 Å². The van der Waals surface area contributed by atoms with Crippen molar-refractivity contribution in [3.05, 3.63) is 48.0 Å². The summed E-state index contributed by atoms with van der Waals surface area (Å²) in [5, 5.41) is 1.19. The van der Waals surface area contributed by atoms with Crippen molar-refractivity contribution in [1.82, 2.24) is 0 Å². The second kappa shape index (κ2) is 5.90. The third-order valence-corrected chi connectivity index (χ3v) is 3.77. The minimum Gasteiger partial charge on any atom is -0.277 e. The molecule has 0 aliphatic carbocycles. The van der Waals surface area contributed by atoms with Crippen molar-refractivity contribution < 1.29 is 0 Å². The van der Waals surface area contributed by atoms with Crippen LogP contribution in [-0.4, -0.2) is 17.3 Å². The lowest BCUT2D eigenvalue weighted by Crippen LogP contribution is -2.07. The standard InChI is InChI=1S/C14H17NS/c1-2-10-16-14-9-8-13(11-15-14)12-6-4-3-5-7-12/h3-9,13H,2,10-11H2,1H3. The van der Waals surface area contributed by atoms with Gasteiger partial charge in [0.25, 0.3) is 0 Å². The summed E-state index contributed by atoms with van der Waals surface area (Å²) < 4.78 is 0. The van der Waals surface area contributed by atoms with E-state index in [1.807, 2.05) is 11.8 Å². The Bertz CT molecular complexity index is 381. The SMILES string of the molecule is CCCSC1=NCC(c2ccccc2)C=C1. The van der Waals surface area contributed by atoms with Crippen molar-refractivity contribution >= 4 is 16.8 Å². The molecule has 1 aromatic carbocycles. The van der Waals surface area contributed by atoms with Crippen molar-refractivity contribution in [2.24, 2.45) is 4.99 Å². The smallest absolute Gasteiger partial charge is 0.0901 e. The minimum atomic E-state index is 0.465. The molecule has 1 unspecified atom stereocenters. The predicted octanol–water partition coefficient (Wildman–Crippen LogP) is 3.88. The molecule has 0 saturated heterocycles. The van der Waals surface area contributed by atoms with Crippen LogP contribution in [0.4, 0.5) is 0 Å². The number of nitrogens with zero attached hydrogens (tertiary/aromatic N) is 1. The molecule has 0 bridgehead atoms. The first-order chi connectivity index (χ1) is 7.90. The van der Waals surface area contributed by atoms with Gasteiger partial charge in [0.1, 0.15) is 0 Å². The van der Waals surface area contributed by atoms with Gasteiger partial charge in [0, 0.05) is 5.92 Å². The van der Waals surface area contributed by atoms with Gasteiger partial charge in [-0.15, -0.1) is 11.8 Å². The molecule has 1 nitrogen and oxygen atoms in total. The average molecular weight is 231 g/mol. The van der Waals surface area contributed by atoms with Crippen LogP contribution in [0.25, 0.3) is 0 Å². The van der Waals surface area contributed by atoms with E-state index in [2.05, 4.69) is 54.4 Å². The Kier molecular flexibility index (Phi) is 4.23. The van der Waals surface area contributed by atoms with Crippen molar-refractivity contribution in [2.75, 3.05) is 12.3 Å². The predicted molar refractivity (Wildman–Crippen MR) is 73.4 cm³/mol. The summed E-state index contributed by atoms with van der Waals surface area (Å²) in [6.45, 7) is 3.10. The molecule has 1 aliphatic heterocycles.